The molecule has 1 amide bonds. The van der Waals surface area contributed by atoms with E-state index in [0.717, 1.165) is 10.6 Å². The van der Waals surface area contributed by atoms with Crippen molar-refractivity contribution in [2.75, 3.05) is 22.5 Å². The second-order valence-electron chi connectivity index (χ2n) is 6.12. The van der Waals surface area contributed by atoms with Gasteiger partial charge in [-0.05, 0) is 56.3 Å². The van der Waals surface area contributed by atoms with E-state index in [0.29, 0.717) is 11.3 Å². The molecule has 0 heterocycles. The van der Waals surface area contributed by atoms with Crippen molar-refractivity contribution in [2.24, 2.45) is 0 Å². The maximum atomic E-state index is 12.7. The van der Waals surface area contributed by atoms with E-state index in [9.17, 15) is 18.0 Å². The monoisotopic (exact) mass is 458 g/mol. The Hall–Kier alpha value is -2.29. The van der Waals surface area contributed by atoms with Crippen molar-refractivity contribution in [3.05, 3.63) is 58.1 Å². The molecule has 0 saturated carbocycles. The molecule has 0 aliphatic rings. The summed E-state index contributed by atoms with van der Waals surface area (Å²) < 4.78 is 30.5. The third kappa shape index (κ3) is 5.85. The van der Waals surface area contributed by atoms with Crippen molar-refractivity contribution < 1.29 is 22.7 Å². The van der Waals surface area contributed by atoms with Gasteiger partial charge in [0.2, 0.25) is 15.9 Å². The Kier molecular flexibility index (Phi) is 7.51. The van der Waals surface area contributed by atoms with Crippen LogP contribution >= 0.6 is 23.2 Å². The first-order chi connectivity index (χ1) is 13.5. The summed E-state index contributed by atoms with van der Waals surface area (Å²) in [7, 11) is -3.85. The van der Waals surface area contributed by atoms with Crippen LogP contribution in [0.5, 0.6) is 0 Å². The molecular formula is C19H20Cl2N2O5S. The highest BCUT2D eigenvalue weighted by Crippen LogP contribution is 2.32. The van der Waals surface area contributed by atoms with E-state index in [4.69, 9.17) is 27.9 Å². The lowest BCUT2D eigenvalue weighted by molar-refractivity contribution is -0.116. The lowest BCUT2D eigenvalue weighted by Gasteiger charge is -2.29. The van der Waals surface area contributed by atoms with Crippen molar-refractivity contribution in [2.45, 2.75) is 19.9 Å². The minimum absolute atomic E-state index is 0.0991. The van der Waals surface area contributed by atoms with Crippen molar-refractivity contribution in [3.63, 3.8) is 0 Å². The van der Waals surface area contributed by atoms with E-state index < -0.39 is 27.9 Å². The molecule has 0 radical (unpaired) electrons. The summed E-state index contributed by atoms with van der Waals surface area (Å²) in [4.78, 5) is 24.4. The predicted octanol–water partition coefficient (Wildman–Crippen LogP) is 3.96. The third-order valence-corrected chi connectivity index (χ3v) is 5.68. The number of sulfonamides is 1. The average Bonchev–Trinajstić information content (AvgIpc) is 2.64. The van der Waals surface area contributed by atoms with Crippen molar-refractivity contribution in [3.8, 4) is 0 Å². The summed E-state index contributed by atoms with van der Waals surface area (Å²) in [5.41, 5.74) is 0.823. The lowest BCUT2D eigenvalue weighted by Crippen LogP contribution is -2.45. The van der Waals surface area contributed by atoms with Crippen LogP contribution in [-0.2, 0) is 19.6 Å². The van der Waals surface area contributed by atoms with Crippen LogP contribution in [0.15, 0.2) is 42.5 Å². The molecule has 0 fully saturated rings. The average molecular weight is 459 g/mol. The Morgan fingerprint density at radius 1 is 1.14 bits per heavy atom. The molecule has 2 rings (SSSR count). The van der Waals surface area contributed by atoms with Crippen molar-refractivity contribution >= 4 is 56.5 Å². The number of rotatable bonds is 7. The number of amides is 1. The Morgan fingerprint density at radius 2 is 1.76 bits per heavy atom. The molecule has 29 heavy (non-hydrogen) atoms. The zero-order valence-corrected chi connectivity index (χ0v) is 18.3. The quantitative estimate of drug-likeness (QED) is 0.633. The second-order valence-corrected chi connectivity index (χ2v) is 8.82. The van der Waals surface area contributed by atoms with Gasteiger partial charge in [0.1, 0.15) is 6.04 Å². The van der Waals surface area contributed by atoms with Crippen molar-refractivity contribution in [1.82, 2.24) is 0 Å². The number of esters is 1. The highest BCUT2D eigenvalue weighted by Gasteiger charge is 2.31. The number of anilines is 2. The Bertz CT molecular complexity index is 1010. The summed E-state index contributed by atoms with van der Waals surface area (Å²) in [6.07, 6.45) is 0.974. The first-order valence-corrected chi connectivity index (χ1v) is 11.2. The second kappa shape index (κ2) is 9.47. The lowest BCUT2D eigenvalue weighted by atomic mass is 10.2. The number of nitrogens with one attached hydrogen (secondary N) is 1. The number of ether oxygens (including phenoxy) is 1. The number of carbonyl (C=O) groups is 2. The standard InChI is InChI=1S/C19H20Cl2N2O5S/c1-4-28-19(25)13-5-8-15(9-6-13)22-18(24)12(2)23(29(3,26)27)17-11-14(20)7-10-16(17)21/h5-12H,4H2,1-3H3,(H,22,24)/t12-/m0/s1. The van der Waals surface area contributed by atoms with Crippen LogP contribution in [0.1, 0.15) is 24.2 Å². The van der Waals surface area contributed by atoms with Gasteiger partial charge < -0.3 is 10.1 Å². The topological polar surface area (TPSA) is 92.8 Å². The fourth-order valence-electron chi connectivity index (χ4n) is 2.59. The molecular weight excluding hydrogens is 439 g/mol. The molecule has 1 atom stereocenters. The highest BCUT2D eigenvalue weighted by atomic mass is 35.5. The van der Waals surface area contributed by atoms with E-state index in [1.54, 1.807) is 6.92 Å². The SMILES string of the molecule is CCOC(=O)c1ccc(NC(=O)[C@H](C)N(c2cc(Cl)ccc2Cl)S(C)(=O)=O)cc1. The number of hydrogen-bond acceptors (Lipinski definition) is 5. The molecule has 0 saturated heterocycles. The minimum atomic E-state index is -3.85. The van der Waals surface area contributed by atoms with Gasteiger partial charge in [-0.3, -0.25) is 9.10 Å². The van der Waals surface area contributed by atoms with E-state index >= 15 is 0 Å². The maximum absolute atomic E-state index is 12.7. The van der Waals surface area contributed by atoms with E-state index in [1.807, 2.05) is 0 Å². The molecule has 156 valence electrons. The first-order valence-electron chi connectivity index (χ1n) is 8.57. The number of nitrogens with zero attached hydrogens (tertiary/aromatic N) is 1. The minimum Gasteiger partial charge on any atom is -0.462 e. The van der Waals surface area contributed by atoms with E-state index in [-0.39, 0.29) is 22.3 Å². The van der Waals surface area contributed by atoms with Crippen LogP contribution in [-0.4, -0.2) is 39.2 Å². The summed E-state index contributed by atoms with van der Waals surface area (Å²) in [5.74, 6) is -1.06. The van der Waals surface area contributed by atoms with Crippen LogP contribution in [0.2, 0.25) is 10.0 Å². The number of carbonyl (C=O) groups excluding carboxylic acids is 2. The van der Waals surface area contributed by atoms with Gasteiger partial charge in [-0.25, -0.2) is 13.2 Å². The summed E-state index contributed by atoms with van der Waals surface area (Å²) in [5, 5.41) is 3.04. The molecule has 0 aliphatic heterocycles. The van der Waals surface area contributed by atoms with Gasteiger partial charge in [-0.15, -0.1) is 0 Å². The Balaban J connectivity index is 2.26. The van der Waals surface area contributed by atoms with Gasteiger partial charge in [0.15, 0.2) is 0 Å². The molecule has 0 unspecified atom stereocenters. The molecule has 0 spiro atoms. The third-order valence-electron chi connectivity index (χ3n) is 3.90. The smallest absolute Gasteiger partial charge is 0.338 e. The Morgan fingerprint density at radius 3 is 2.31 bits per heavy atom. The fraction of sp³-hybridized carbons (Fsp3) is 0.263. The van der Waals surface area contributed by atoms with E-state index in [1.165, 1.54) is 49.4 Å². The molecule has 7 nitrogen and oxygen atoms in total. The number of halogens is 2. The van der Waals surface area contributed by atoms with Gasteiger partial charge in [0.05, 0.1) is 29.1 Å². The fourth-order valence-corrected chi connectivity index (χ4v) is 4.19. The van der Waals surface area contributed by atoms with Crippen LogP contribution in [0, 0.1) is 0 Å². The number of benzene rings is 2. The van der Waals surface area contributed by atoms with E-state index in [2.05, 4.69) is 5.32 Å². The van der Waals surface area contributed by atoms with Crippen LogP contribution in [0.3, 0.4) is 0 Å². The summed E-state index contributed by atoms with van der Waals surface area (Å²) in [6.45, 7) is 3.39. The zero-order chi connectivity index (χ0) is 21.8. The maximum Gasteiger partial charge on any atom is 0.338 e. The largest absolute Gasteiger partial charge is 0.462 e. The summed E-state index contributed by atoms with van der Waals surface area (Å²) >= 11 is 12.1. The molecule has 0 bridgehead atoms. The van der Waals surface area contributed by atoms with Gasteiger partial charge in [0.25, 0.3) is 0 Å². The van der Waals surface area contributed by atoms with Gasteiger partial charge in [-0.2, -0.15) is 0 Å². The molecule has 1 N–H and O–H groups in total. The highest BCUT2D eigenvalue weighted by molar-refractivity contribution is 7.92. The molecule has 2 aromatic carbocycles. The molecule has 2 aromatic rings. The van der Waals surface area contributed by atoms with Crippen LogP contribution < -0.4 is 9.62 Å². The van der Waals surface area contributed by atoms with Crippen molar-refractivity contribution in [1.29, 1.82) is 0 Å². The van der Waals surface area contributed by atoms with Crippen LogP contribution in [0.25, 0.3) is 0 Å². The van der Waals surface area contributed by atoms with Gasteiger partial charge in [-0.1, -0.05) is 23.2 Å². The Labute approximate surface area is 179 Å². The summed E-state index contributed by atoms with van der Waals surface area (Å²) in [6, 6.07) is 9.27. The van der Waals surface area contributed by atoms with Gasteiger partial charge >= 0.3 is 5.97 Å². The van der Waals surface area contributed by atoms with Gasteiger partial charge in [0, 0.05) is 10.7 Å². The zero-order valence-electron chi connectivity index (χ0n) is 16.0. The number of hydrogen-bond donors (Lipinski definition) is 1. The molecule has 10 heteroatoms. The normalized spacial score (nSPS) is 12.2. The van der Waals surface area contributed by atoms with Crippen LogP contribution in [0.4, 0.5) is 11.4 Å². The predicted molar refractivity (Wildman–Crippen MR) is 114 cm³/mol. The molecule has 0 aliphatic carbocycles. The molecule has 0 aromatic heterocycles. The first kappa shape index (κ1) is 23.0.